The number of aliphatic imine (C=N–C) groups is 1. The third-order valence-electron chi connectivity index (χ3n) is 1.97. The first-order valence-corrected chi connectivity index (χ1v) is 4.69. The maximum atomic E-state index is 10.4. The average molecular weight is 185 g/mol. The lowest BCUT2D eigenvalue weighted by Crippen LogP contribution is -2.19. The van der Waals surface area contributed by atoms with Gasteiger partial charge in [0.05, 0.1) is 0 Å². The Morgan fingerprint density at radius 2 is 2.23 bits per heavy atom. The van der Waals surface area contributed by atoms with Crippen LogP contribution in [0.15, 0.2) is 4.99 Å². The van der Waals surface area contributed by atoms with Crippen molar-refractivity contribution in [1.29, 1.82) is 0 Å². The summed E-state index contributed by atoms with van der Waals surface area (Å²) in [6.45, 7) is 5.77. The van der Waals surface area contributed by atoms with Crippen LogP contribution in [-0.2, 0) is 9.53 Å². The van der Waals surface area contributed by atoms with Gasteiger partial charge in [-0.05, 0) is 12.8 Å². The van der Waals surface area contributed by atoms with Gasteiger partial charge < -0.3 is 9.53 Å². The van der Waals surface area contributed by atoms with E-state index in [0.717, 1.165) is 19.1 Å². The molecular weight excluding hydrogens is 166 g/mol. The van der Waals surface area contributed by atoms with Crippen molar-refractivity contribution in [2.75, 3.05) is 7.05 Å². The molecule has 0 fully saturated rings. The Hall–Kier alpha value is -0.860. The molecule has 76 valence electrons. The lowest BCUT2D eigenvalue weighted by molar-refractivity contribution is -0.111. The molecular formula is C10H19NO2. The first-order chi connectivity index (χ1) is 6.13. The van der Waals surface area contributed by atoms with Crippen molar-refractivity contribution in [3.05, 3.63) is 0 Å². The molecule has 0 radical (unpaired) electrons. The predicted molar refractivity (Wildman–Crippen MR) is 54.0 cm³/mol. The Labute approximate surface area is 80.2 Å². The van der Waals surface area contributed by atoms with Crippen LogP contribution < -0.4 is 0 Å². The largest absolute Gasteiger partial charge is 0.478 e. The number of nitrogens with zero attached hydrogens (tertiary/aromatic N) is 1. The maximum absolute atomic E-state index is 10.4. The van der Waals surface area contributed by atoms with Gasteiger partial charge in [0.25, 0.3) is 0 Å². The van der Waals surface area contributed by atoms with Crippen molar-refractivity contribution < 1.29 is 9.53 Å². The normalized spacial score (nSPS) is 16.5. The number of carbonyl (C=O) groups excluding carboxylic acids is 1. The van der Waals surface area contributed by atoms with Gasteiger partial charge in [-0.15, -0.1) is 0 Å². The molecule has 13 heavy (non-hydrogen) atoms. The number of carbonyl (C=O) groups is 1. The van der Waals surface area contributed by atoms with E-state index in [0.29, 0.717) is 5.90 Å². The van der Waals surface area contributed by atoms with Gasteiger partial charge in [-0.2, -0.15) is 0 Å². The number of ether oxygens (including phenoxy) is 1. The zero-order valence-corrected chi connectivity index (χ0v) is 8.91. The fourth-order valence-electron chi connectivity index (χ4n) is 1.06. The molecule has 3 nitrogen and oxygen atoms in total. The van der Waals surface area contributed by atoms with Crippen molar-refractivity contribution >= 4 is 12.2 Å². The standard InChI is InChI=1S/C10H19NO2/c1-5-10(6-8(2)7-12)13-9(3)11-4/h7-8,10H,5-6H2,1-4H3/t8-,10+/m0/s1. The zero-order valence-electron chi connectivity index (χ0n) is 8.91. The van der Waals surface area contributed by atoms with Crippen molar-refractivity contribution in [2.45, 2.75) is 39.7 Å². The molecule has 0 heterocycles. The van der Waals surface area contributed by atoms with Crippen molar-refractivity contribution in [3.63, 3.8) is 0 Å². The lowest BCUT2D eigenvalue weighted by Gasteiger charge is -2.18. The van der Waals surface area contributed by atoms with E-state index in [1.807, 2.05) is 20.8 Å². The van der Waals surface area contributed by atoms with Crippen LogP contribution in [0.4, 0.5) is 0 Å². The first kappa shape index (κ1) is 12.1. The highest BCUT2D eigenvalue weighted by molar-refractivity contribution is 5.73. The quantitative estimate of drug-likeness (QED) is 0.373. The number of rotatable bonds is 5. The van der Waals surface area contributed by atoms with E-state index >= 15 is 0 Å². The molecule has 0 rings (SSSR count). The van der Waals surface area contributed by atoms with Gasteiger partial charge in [0.1, 0.15) is 12.4 Å². The Morgan fingerprint density at radius 3 is 2.62 bits per heavy atom. The molecule has 0 aromatic heterocycles. The molecule has 0 saturated carbocycles. The molecule has 2 atom stereocenters. The smallest absolute Gasteiger partial charge is 0.180 e. The van der Waals surface area contributed by atoms with Crippen LogP contribution in [0.1, 0.15) is 33.6 Å². The summed E-state index contributed by atoms with van der Waals surface area (Å²) in [6, 6.07) is 0. The summed E-state index contributed by atoms with van der Waals surface area (Å²) in [5, 5.41) is 0. The van der Waals surface area contributed by atoms with Crippen LogP contribution in [0.2, 0.25) is 0 Å². The average Bonchev–Trinajstić information content (AvgIpc) is 2.16. The zero-order chi connectivity index (χ0) is 10.3. The monoisotopic (exact) mass is 185 g/mol. The summed E-state index contributed by atoms with van der Waals surface area (Å²) in [6.07, 6.45) is 2.76. The minimum absolute atomic E-state index is 0.0645. The molecule has 0 spiro atoms. The van der Waals surface area contributed by atoms with Crippen molar-refractivity contribution in [1.82, 2.24) is 0 Å². The number of hydrogen-bond acceptors (Lipinski definition) is 3. The second-order valence-corrected chi connectivity index (χ2v) is 3.24. The second kappa shape index (κ2) is 6.63. The molecule has 0 unspecified atom stereocenters. The van der Waals surface area contributed by atoms with Gasteiger partial charge in [-0.1, -0.05) is 13.8 Å². The fourth-order valence-corrected chi connectivity index (χ4v) is 1.06. The van der Waals surface area contributed by atoms with E-state index < -0.39 is 0 Å². The van der Waals surface area contributed by atoms with Crippen molar-refractivity contribution in [3.8, 4) is 0 Å². The molecule has 0 aliphatic rings. The summed E-state index contributed by atoms with van der Waals surface area (Å²) >= 11 is 0. The molecule has 0 aliphatic carbocycles. The van der Waals surface area contributed by atoms with Gasteiger partial charge in [0.2, 0.25) is 0 Å². The van der Waals surface area contributed by atoms with Crippen LogP contribution in [0.3, 0.4) is 0 Å². The van der Waals surface area contributed by atoms with Gasteiger partial charge in [0.15, 0.2) is 5.90 Å². The van der Waals surface area contributed by atoms with Crippen LogP contribution >= 0.6 is 0 Å². The summed E-state index contributed by atoms with van der Waals surface area (Å²) in [7, 11) is 1.70. The van der Waals surface area contributed by atoms with Gasteiger partial charge in [0, 0.05) is 19.9 Å². The summed E-state index contributed by atoms with van der Waals surface area (Å²) in [4.78, 5) is 14.3. The minimum Gasteiger partial charge on any atom is -0.478 e. The van der Waals surface area contributed by atoms with Gasteiger partial charge in [-0.3, -0.25) is 4.99 Å². The summed E-state index contributed by atoms with van der Waals surface area (Å²) in [5.74, 6) is 0.750. The van der Waals surface area contributed by atoms with E-state index in [1.165, 1.54) is 0 Å². The van der Waals surface area contributed by atoms with E-state index in [4.69, 9.17) is 4.74 Å². The van der Waals surface area contributed by atoms with E-state index in [1.54, 1.807) is 7.05 Å². The first-order valence-electron chi connectivity index (χ1n) is 4.69. The Balaban J connectivity index is 3.96. The molecule has 0 amide bonds. The molecule has 3 heteroatoms. The highest BCUT2D eigenvalue weighted by Crippen LogP contribution is 2.10. The van der Waals surface area contributed by atoms with Crippen LogP contribution in [0.25, 0.3) is 0 Å². The molecule has 0 aliphatic heterocycles. The molecule has 0 aromatic rings. The molecule has 0 aromatic carbocycles. The van der Waals surface area contributed by atoms with E-state index in [-0.39, 0.29) is 12.0 Å². The lowest BCUT2D eigenvalue weighted by atomic mass is 10.0. The van der Waals surface area contributed by atoms with Crippen molar-refractivity contribution in [2.24, 2.45) is 10.9 Å². The maximum Gasteiger partial charge on any atom is 0.180 e. The van der Waals surface area contributed by atoms with Gasteiger partial charge >= 0.3 is 0 Å². The number of aldehydes is 1. The third-order valence-corrected chi connectivity index (χ3v) is 1.97. The minimum atomic E-state index is 0.0645. The summed E-state index contributed by atoms with van der Waals surface area (Å²) < 4.78 is 5.51. The van der Waals surface area contributed by atoms with Crippen LogP contribution in [0, 0.1) is 5.92 Å². The number of hydrogen-bond donors (Lipinski definition) is 0. The van der Waals surface area contributed by atoms with E-state index in [2.05, 4.69) is 4.99 Å². The second-order valence-electron chi connectivity index (χ2n) is 3.24. The topological polar surface area (TPSA) is 38.7 Å². The Bertz CT molecular complexity index is 178. The predicted octanol–water partition coefficient (Wildman–Crippen LogP) is 2.05. The highest BCUT2D eigenvalue weighted by atomic mass is 16.5. The van der Waals surface area contributed by atoms with Crippen LogP contribution in [-0.4, -0.2) is 25.3 Å². The highest BCUT2D eigenvalue weighted by Gasteiger charge is 2.12. The molecule has 0 bridgehead atoms. The van der Waals surface area contributed by atoms with Gasteiger partial charge in [-0.25, -0.2) is 0 Å². The Kier molecular flexibility index (Phi) is 6.20. The van der Waals surface area contributed by atoms with E-state index in [9.17, 15) is 4.79 Å². The summed E-state index contributed by atoms with van der Waals surface area (Å²) in [5.41, 5.74) is 0. The fraction of sp³-hybridized carbons (Fsp3) is 0.800. The SMILES string of the molecule is CC[C@H](C[C@H](C)C=O)OC(C)=NC. The third kappa shape index (κ3) is 5.39. The Morgan fingerprint density at radius 1 is 1.62 bits per heavy atom. The molecule has 0 N–H and O–H groups in total. The van der Waals surface area contributed by atoms with Crippen LogP contribution in [0.5, 0.6) is 0 Å². The molecule has 0 saturated heterocycles.